The Labute approximate surface area is 203 Å². The lowest BCUT2D eigenvalue weighted by Crippen LogP contribution is -2.14. The molecule has 0 aliphatic carbocycles. The van der Waals surface area contributed by atoms with Gasteiger partial charge in [0.05, 0.1) is 19.1 Å². The molecular formula is C25H23N3O6S. The van der Waals surface area contributed by atoms with E-state index in [0.717, 1.165) is 0 Å². The third kappa shape index (κ3) is 6.99. The van der Waals surface area contributed by atoms with Crippen molar-refractivity contribution in [2.45, 2.75) is 4.90 Å². The Kier molecular flexibility index (Phi) is 8.32. The summed E-state index contributed by atoms with van der Waals surface area (Å²) in [7, 11) is -0.877. The summed E-state index contributed by atoms with van der Waals surface area (Å²) in [4.78, 5) is 12.4. The minimum absolute atomic E-state index is 0.00667. The van der Waals surface area contributed by atoms with Gasteiger partial charge in [-0.25, -0.2) is 8.42 Å². The van der Waals surface area contributed by atoms with Gasteiger partial charge in [-0.1, -0.05) is 12.1 Å². The van der Waals surface area contributed by atoms with Crippen molar-refractivity contribution in [3.05, 3.63) is 78.4 Å². The molecule has 3 rings (SSSR count). The Balaban J connectivity index is 1.68. The van der Waals surface area contributed by atoms with Crippen LogP contribution in [-0.4, -0.2) is 35.2 Å². The number of carbonyl (C=O) groups excluding carboxylic acids is 1. The topological polar surface area (TPSA) is 127 Å². The number of benzene rings is 3. The van der Waals surface area contributed by atoms with Gasteiger partial charge in [0.2, 0.25) is 5.91 Å². The zero-order valence-electron chi connectivity index (χ0n) is 19.0. The van der Waals surface area contributed by atoms with Crippen molar-refractivity contribution in [2.75, 3.05) is 30.9 Å². The van der Waals surface area contributed by atoms with Gasteiger partial charge in [-0.2, -0.15) is 5.26 Å². The van der Waals surface area contributed by atoms with Gasteiger partial charge in [0, 0.05) is 17.5 Å². The van der Waals surface area contributed by atoms with Gasteiger partial charge in [0.1, 0.15) is 11.8 Å². The van der Waals surface area contributed by atoms with E-state index in [9.17, 15) is 13.2 Å². The summed E-state index contributed by atoms with van der Waals surface area (Å²) in [6.07, 6.45) is 2.87. The summed E-state index contributed by atoms with van der Waals surface area (Å²) >= 11 is 0. The zero-order chi connectivity index (χ0) is 25.3. The zero-order valence-corrected chi connectivity index (χ0v) is 19.8. The number of sulfonamides is 1. The number of nitrogens with one attached hydrogen (secondary N) is 2. The van der Waals surface area contributed by atoms with Crippen LogP contribution in [0.15, 0.2) is 77.7 Å². The second kappa shape index (κ2) is 11.6. The minimum atomic E-state index is -3.87. The molecule has 180 valence electrons. The van der Waals surface area contributed by atoms with Crippen LogP contribution in [0.5, 0.6) is 17.2 Å². The van der Waals surface area contributed by atoms with Crippen LogP contribution in [0.3, 0.4) is 0 Å². The summed E-state index contributed by atoms with van der Waals surface area (Å²) in [5.74, 6) is 0.987. The molecule has 0 radical (unpaired) electrons. The molecule has 3 aromatic rings. The van der Waals surface area contributed by atoms with Crippen LogP contribution in [0.25, 0.3) is 6.08 Å². The number of rotatable bonds is 10. The van der Waals surface area contributed by atoms with Crippen LogP contribution in [0.4, 0.5) is 11.4 Å². The van der Waals surface area contributed by atoms with Crippen LogP contribution < -0.4 is 24.2 Å². The summed E-state index contributed by atoms with van der Waals surface area (Å²) < 4.78 is 43.6. The molecule has 0 aliphatic heterocycles. The largest absolute Gasteiger partial charge is 0.497 e. The Bertz CT molecular complexity index is 1360. The first kappa shape index (κ1) is 25.1. The third-order valence-corrected chi connectivity index (χ3v) is 6.04. The number of carbonyl (C=O) groups is 1. The summed E-state index contributed by atoms with van der Waals surface area (Å²) in [5.41, 5.74) is 1.36. The molecule has 0 saturated carbocycles. The summed E-state index contributed by atoms with van der Waals surface area (Å²) in [6, 6.07) is 19.3. The van der Waals surface area contributed by atoms with Crippen molar-refractivity contribution in [3.8, 4) is 23.3 Å². The van der Waals surface area contributed by atoms with Gasteiger partial charge < -0.3 is 19.5 Å². The maximum Gasteiger partial charge on any atom is 0.261 e. The monoisotopic (exact) mass is 493 g/mol. The average Bonchev–Trinajstić information content (AvgIpc) is 2.87. The predicted molar refractivity (Wildman–Crippen MR) is 132 cm³/mol. The highest BCUT2D eigenvalue weighted by Gasteiger charge is 2.15. The van der Waals surface area contributed by atoms with E-state index in [4.69, 9.17) is 19.5 Å². The second-order valence-corrected chi connectivity index (χ2v) is 8.72. The van der Waals surface area contributed by atoms with Crippen molar-refractivity contribution in [1.82, 2.24) is 0 Å². The average molecular weight is 494 g/mol. The molecule has 1 amide bonds. The molecule has 0 aliphatic rings. The molecule has 0 bridgehead atoms. The number of amides is 1. The summed E-state index contributed by atoms with van der Waals surface area (Å²) in [5, 5.41) is 11.3. The maximum atomic E-state index is 12.7. The Morgan fingerprint density at radius 2 is 1.74 bits per heavy atom. The normalized spacial score (nSPS) is 10.9. The van der Waals surface area contributed by atoms with E-state index < -0.39 is 15.9 Å². The molecule has 0 saturated heterocycles. The highest BCUT2D eigenvalue weighted by Crippen LogP contribution is 2.28. The van der Waals surface area contributed by atoms with Crippen LogP contribution in [0.2, 0.25) is 0 Å². The van der Waals surface area contributed by atoms with Gasteiger partial charge in [-0.05, 0) is 66.2 Å². The Morgan fingerprint density at radius 3 is 2.43 bits per heavy atom. The van der Waals surface area contributed by atoms with E-state index in [1.165, 1.54) is 38.5 Å². The molecular weight excluding hydrogens is 470 g/mol. The SMILES string of the molecule is COc1ccc(NS(=O)(=O)c2cccc(NC(=O)/C=C/c3ccc(OCC#N)c(OC)c3)c2)cc1. The highest BCUT2D eigenvalue weighted by molar-refractivity contribution is 7.92. The fraction of sp³-hybridized carbons (Fsp3) is 0.120. The minimum Gasteiger partial charge on any atom is -0.497 e. The number of methoxy groups -OCH3 is 2. The lowest BCUT2D eigenvalue weighted by molar-refractivity contribution is -0.111. The molecule has 3 aromatic carbocycles. The number of nitrogens with zero attached hydrogens (tertiary/aromatic N) is 1. The molecule has 0 spiro atoms. The lowest BCUT2D eigenvalue weighted by Gasteiger charge is -2.10. The number of hydrogen-bond donors (Lipinski definition) is 2. The fourth-order valence-corrected chi connectivity index (χ4v) is 4.09. The lowest BCUT2D eigenvalue weighted by atomic mass is 10.2. The van der Waals surface area contributed by atoms with Crippen LogP contribution in [0.1, 0.15) is 5.56 Å². The van der Waals surface area contributed by atoms with E-state index in [0.29, 0.717) is 34.2 Å². The first-order valence-electron chi connectivity index (χ1n) is 10.3. The van der Waals surface area contributed by atoms with Gasteiger partial charge in [-0.3, -0.25) is 9.52 Å². The van der Waals surface area contributed by atoms with E-state index in [2.05, 4.69) is 10.0 Å². The standard InChI is InChI=1S/C25H23N3O6S/c1-32-21-10-8-19(9-11-21)28-35(30,31)22-5-3-4-20(17-22)27-25(29)13-7-18-6-12-23(34-15-14-26)24(16-18)33-2/h3-13,16-17,28H,15H2,1-2H3,(H,27,29)/b13-7+. The number of ether oxygens (including phenoxy) is 3. The van der Waals surface area contributed by atoms with Gasteiger partial charge in [0.15, 0.2) is 18.1 Å². The van der Waals surface area contributed by atoms with Crippen molar-refractivity contribution < 1.29 is 27.4 Å². The molecule has 0 aromatic heterocycles. The van der Waals surface area contributed by atoms with Gasteiger partial charge >= 0.3 is 0 Å². The van der Waals surface area contributed by atoms with E-state index in [1.54, 1.807) is 54.6 Å². The first-order chi connectivity index (χ1) is 16.8. The number of hydrogen-bond acceptors (Lipinski definition) is 7. The molecule has 35 heavy (non-hydrogen) atoms. The quantitative estimate of drug-likeness (QED) is 0.408. The molecule has 9 nitrogen and oxygen atoms in total. The van der Waals surface area contributed by atoms with Crippen molar-refractivity contribution in [3.63, 3.8) is 0 Å². The molecule has 0 unspecified atom stereocenters. The van der Waals surface area contributed by atoms with Gasteiger partial charge in [0.25, 0.3) is 10.0 Å². The van der Waals surface area contributed by atoms with Crippen molar-refractivity contribution in [2.24, 2.45) is 0 Å². The molecule has 0 fully saturated rings. The van der Waals surface area contributed by atoms with E-state index in [1.807, 2.05) is 6.07 Å². The fourth-order valence-electron chi connectivity index (χ4n) is 2.99. The Morgan fingerprint density at radius 1 is 0.971 bits per heavy atom. The van der Waals surface area contributed by atoms with E-state index in [-0.39, 0.29) is 11.5 Å². The van der Waals surface area contributed by atoms with Crippen LogP contribution in [-0.2, 0) is 14.8 Å². The first-order valence-corrected chi connectivity index (χ1v) is 11.8. The third-order valence-electron chi connectivity index (χ3n) is 4.66. The predicted octanol–water partition coefficient (Wildman–Crippen LogP) is 4.06. The number of anilines is 2. The van der Waals surface area contributed by atoms with Crippen LogP contribution in [0, 0.1) is 11.3 Å². The van der Waals surface area contributed by atoms with Crippen molar-refractivity contribution in [1.29, 1.82) is 5.26 Å². The highest BCUT2D eigenvalue weighted by atomic mass is 32.2. The second-order valence-electron chi connectivity index (χ2n) is 7.04. The summed E-state index contributed by atoms with van der Waals surface area (Å²) in [6.45, 7) is -0.113. The smallest absolute Gasteiger partial charge is 0.261 e. The molecule has 0 atom stereocenters. The van der Waals surface area contributed by atoms with Gasteiger partial charge in [-0.15, -0.1) is 0 Å². The van der Waals surface area contributed by atoms with Crippen LogP contribution >= 0.6 is 0 Å². The van der Waals surface area contributed by atoms with E-state index >= 15 is 0 Å². The molecule has 10 heteroatoms. The van der Waals surface area contributed by atoms with Crippen molar-refractivity contribution >= 4 is 33.4 Å². The maximum absolute atomic E-state index is 12.7. The molecule has 0 heterocycles. The number of nitriles is 1. The molecule has 2 N–H and O–H groups in total. The Hall–Kier alpha value is -4.49.